The summed E-state index contributed by atoms with van der Waals surface area (Å²) in [7, 11) is 0. The summed E-state index contributed by atoms with van der Waals surface area (Å²) in [4.78, 5) is 2.70. The van der Waals surface area contributed by atoms with Crippen LogP contribution in [0.5, 0.6) is 0 Å². The van der Waals surface area contributed by atoms with Crippen LogP contribution in [0, 0.1) is 29.6 Å². The molecule has 4 aromatic rings. The molecule has 1 heteroatoms. The zero-order valence-corrected chi connectivity index (χ0v) is 32.5. The maximum Gasteiger partial charge on any atom is 0.0413 e. The molecule has 4 aromatic carbocycles. The van der Waals surface area contributed by atoms with Crippen LogP contribution in [-0.4, -0.2) is 6.04 Å². The molecule has 0 amide bonds. The van der Waals surface area contributed by atoms with Gasteiger partial charge < -0.3 is 4.90 Å². The Balaban J connectivity index is 0.918. The summed E-state index contributed by atoms with van der Waals surface area (Å²) in [6.07, 6.45) is 24.9. The van der Waals surface area contributed by atoms with Crippen molar-refractivity contribution in [1.29, 1.82) is 0 Å². The number of rotatable bonds is 5. The summed E-state index contributed by atoms with van der Waals surface area (Å²) in [5.41, 5.74) is 25.6. The number of benzene rings is 4. The van der Waals surface area contributed by atoms with Crippen molar-refractivity contribution in [2.75, 3.05) is 4.90 Å². The molecule has 5 unspecified atom stereocenters. The van der Waals surface area contributed by atoms with Gasteiger partial charge in [-0.15, -0.1) is 0 Å². The van der Waals surface area contributed by atoms with E-state index in [9.17, 15) is 0 Å². The highest BCUT2D eigenvalue weighted by molar-refractivity contribution is 6.13. The van der Waals surface area contributed by atoms with Gasteiger partial charge in [0.05, 0.1) is 0 Å². The van der Waals surface area contributed by atoms with E-state index in [1.54, 1.807) is 0 Å². The zero-order valence-electron chi connectivity index (χ0n) is 32.5. The topological polar surface area (TPSA) is 3.24 Å². The minimum Gasteiger partial charge on any atom is -0.338 e. The van der Waals surface area contributed by atoms with E-state index in [0.29, 0.717) is 6.04 Å². The van der Waals surface area contributed by atoms with Crippen molar-refractivity contribution in [2.24, 2.45) is 29.6 Å². The Morgan fingerprint density at radius 3 is 2.31 bits per heavy atom. The fourth-order valence-electron chi connectivity index (χ4n) is 12.7. The Labute approximate surface area is 328 Å². The number of para-hydroxylation sites is 1. The van der Waals surface area contributed by atoms with Crippen molar-refractivity contribution >= 4 is 28.1 Å². The summed E-state index contributed by atoms with van der Waals surface area (Å²) in [6, 6.07) is 35.4. The molecule has 274 valence electrons. The first-order valence-electron chi connectivity index (χ1n) is 21.8. The third kappa shape index (κ3) is 5.58. The molecule has 1 nitrogen and oxygen atoms in total. The number of anilines is 2. The quantitative estimate of drug-likeness (QED) is 0.186. The van der Waals surface area contributed by atoms with Gasteiger partial charge in [0.25, 0.3) is 0 Å². The van der Waals surface area contributed by atoms with Gasteiger partial charge in [-0.2, -0.15) is 0 Å². The van der Waals surface area contributed by atoms with E-state index in [0.717, 1.165) is 42.4 Å². The fraction of sp³-hybridized carbons (Fsp3) is 0.370. The van der Waals surface area contributed by atoms with Gasteiger partial charge >= 0.3 is 0 Å². The third-order valence-corrected chi connectivity index (χ3v) is 15.1. The van der Waals surface area contributed by atoms with Crippen LogP contribution in [-0.2, 0) is 0 Å². The Bertz CT molecular complexity index is 2370. The number of nitrogens with zero attached hydrogens (tertiary/aromatic N) is 1. The van der Waals surface area contributed by atoms with Gasteiger partial charge in [0.2, 0.25) is 0 Å². The van der Waals surface area contributed by atoms with E-state index in [1.165, 1.54) is 149 Å². The molecule has 0 radical (unpaired) electrons. The van der Waals surface area contributed by atoms with Gasteiger partial charge in [-0.05, 0) is 167 Å². The van der Waals surface area contributed by atoms with Gasteiger partial charge in [-0.1, -0.05) is 130 Å². The van der Waals surface area contributed by atoms with Crippen LogP contribution in [0.3, 0.4) is 0 Å². The van der Waals surface area contributed by atoms with Crippen molar-refractivity contribution in [1.82, 2.24) is 0 Å². The maximum atomic E-state index is 3.59. The first-order chi connectivity index (χ1) is 27.2. The highest BCUT2D eigenvalue weighted by atomic mass is 15.2. The van der Waals surface area contributed by atoms with Crippen LogP contribution in [0.2, 0.25) is 0 Å². The number of allylic oxidation sites excluding steroid dienone is 8. The molecule has 0 aromatic heterocycles. The molecule has 3 fully saturated rings. The van der Waals surface area contributed by atoms with E-state index in [4.69, 9.17) is 0 Å². The molecule has 7 aliphatic carbocycles. The lowest BCUT2D eigenvalue weighted by Crippen LogP contribution is -2.43. The minimum absolute atomic E-state index is 0.520. The average molecular weight is 716 g/mol. The average Bonchev–Trinajstić information content (AvgIpc) is 3.55. The second kappa shape index (κ2) is 13.7. The Morgan fingerprint density at radius 1 is 0.618 bits per heavy atom. The van der Waals surface area contributed by atoms with Crippen LogP contribution in [0.4, 0.5) is 11.4 Å². The molecule has 6 bridgehead atoms. The molecule has 3 saturated carbocycles. The molecular weight excluding hydrogens is 663 g/mol. The number of hydrogen-bond donors (Lipinski definition) is 0. The Hall–Kier alpha value is -4.80. The predicted octanol–water partition coefficient (Wildman–Crippen LogP) is 14.6. The minimum atomic E-state index is 0.520. The van der Waals surface area contributed by atoms with E-state index in [1.807, 2.05) is 0 Å². The van der Waals surface area contributed by atoms with Crippen LogP contribution in [0.15, 0.2) is 132 Å². The molecule has 11 rings (SSSR count). The lowest BCUT2D eigenvalue weighted by Gasteiger charge is -2.48. The molecule has 0 saturated heterocycles. The van der Waals surface area contributed by atoms with Gasteiger partial charge in [-0.3, -0.25) is 0 Å². The number of fused-ring (bicyclic) bond motifs is 4. The van der Waals surface area contributed by atoms with Crippen LogP contribution in [0.1, 0.15) is 107 Å². The summed E-state index contributed by atoms with van der Waals surface area (Å²) in [5.74, 6) is 4.63. The first-order valence-corrected chi connectivity index (χ1v) is 21.8. The van der Waals surface area contributed by atoms with Gasteiger partial charge in [-0.25, -0.2) is 0 Å². The molecule has 0 spiro atoms. The predicted molar refractivity (Wildman–Crippen MR) is 231 cm³/mol. The summed E-state index contributed by atoms with van der Waals surface area (Å²) in [5, 5.41) is 0. The van der Waals surface area contributed by atoms with E-state index in [2.05, 4.69) is 133 Å². The monoisotopic (exact) mass is 715 g/mol. The molecule has 0 aliphatic heterocycles. The fourth-order valence-corrected chi connectivity index (χ4v) is 12.7. The van der Waals surface area contributed by atoms with Crippen LogP contribution >= 0.6 is 0 Å². The van der Waals surface area contributed by atoms with E-state index in [-0.39, 0.29) is 0 Å². The van der Waals surface area contributed by atoms with Crippen molar-refractivity contribution in [3.63, 3.8) is 0 Å². The zero-order chi connectivity index (χ0) is 36.5. The van der Waals surface area contributed by atoms with Crippen molar-refractivity contribution in [3.8, 4) is 22.3 Å². The second-order valence-electron chi connectivity index (χ2n) is 17.9. The summed E-state index contributed by atoms with van der Waals surface area (Å²) >= 11 is 0. The molecule has 6 atom stereocenters. The van der Waals surface area contributed by atoms with Crippen LogP contribution < -0.4 is 4.90 Å². The lowest BCUT2D eigenvalue weighted by molar-refractivity contribution is 0.0442. The molecular formula is C54H53N. The molecule has 0 heterocycles. The van der Waals surface area contributed by atoms with Gasteiger partial charge in [0.15, 0.2) is 0 Å². The van der Waals surface area contributed by atoms with Crippen LogP contribution in [0.25, 0.3) is 39.0 Å². The van der Waals surface area contributed by atoms with E-state index >= 15 is 0 Å². The molecule has 7 aliphatic rings. The van der Waals surface area contributed by atoms with Gasteiger partial charge in [0, 0.05) is 28.6 Å². The number of hydrogen-bond acceptors (Lipinski definition) is 1. The van der Waals surface area contributed by atoms with Crippen molar-refractivity contribution < 1.29 is 0 Å². The third-order valence-electron chi connectivity index (χ3n) is 15.1. The largest absolute Gasteiger partial charge is 0.338 e. The normalized spacial score (nSPS) is 27.4. The lowest BCUT2D eigenvalue weighted by atomic mass is 9.60. The summed E-state index contributed by atoms with van der Waals surface area (Å²) in [6.45, 7) is 2.61. The first kappa shape index (κ1) is 33.5. The molecule has 0 N–H and O–H groups in total. The Kier molecular flexibility index (Phi) is 8.38. The van der Waals surface area contributed by atoms with Crippen molar-refractivity contribution in [3.05, 3.63) is 149 Å². The maximum absolute atomic E-state index is 3.59. The van der Waals surface area contributed by atoms with Crippen molar-refractivity contribution in [2.45, 2.75) is 96.4 Å². The molecule has 55 heavy (non-hydrogen) atoms. The highest BCUT2D eigenvalue weighted by Gasteiger charge is 2.43. The summed E-state index contributed by atoms with van der Waals surface area (Å²) < 4.78 is 0. The smallest absolute Gasteiger partial charge is 0.0413 e. The second-order valence-corrected chi connectivity index (χ2v) is 17.9. The van der Waals surface area contributed by atoms with Gasteiger partial charge in [0.1, 0.15) is 0 Å². The standard InChI is InChI=1S/C54H53N/c1-35-33-41(30-32-42(35)44-20-10-14-37-13-4-2-7-17-43(37)44)55(39-15-5-3-6-16-39)40-28-25-36(26-29-40)38-27-31-46-49-22-12-23-50-51-24-11-21-48(54(51)52(46)34-38)45-18-8-9-19-47(45)53(49)50/h3,5-6,9,11,15-16,19,21,23-29,31,34-35,37,41-44H,2,4,7-8,10,13-14,17-18,20,30,32-33H2,1H3/t35?,37?,41?,42?,43?,44-/m1/s1. The van der Waals surface area contributed by atoms with E-state index < -0.39 is 0 Å². The Morgan fingerprint density at radius 2 is 1.42 bits per heavy atom. The SMILES string of the molecule is CC1CC(N(c2ccccc2)c2ccc(-c3ccc4c(c3)-c3c5cccc3C3=C(C=CCC3)C3=C5C=C=C=C34)cc2)CCC1[C@H]1CCCC2CCCCCC21. The highest BCUT2D eigenvalue weighted by Crippen LogP contribution is 2.56.